The standard InChI is InChI=1S/C19H23NO4/c1-2-24-18(23)14-6-8-15(9-7-14)20-16(21)12-19(13-17(20)22)10-4-3-5-11-19/h6-9H,2-5,10-13H2,1H3. The number of rotatable bonds is 3. The Labute approximate surface area is 142 Å². The number of esters is 1. The molecule has 1 spiro atoms. The van der Waals surface area contributed by atoms with E-state index in [4.69, 9.17) is 4.74 Å². The molecule has 5 nitrogen and oxygen atoms in total. The van der Waals surface area contributed by atoms with Crippen LogP contribution in [-0.4, -0.2) is 24.4 Å². The average Bonchev–Trinajstić information content (AvgIpc) is 2.55. The number of hydrogen-bond donors (Lipinski definition) is 0. The lowest BCUT2D eigenvalue weighted by Crippen LogP contribution is -2.48. The molecule has 0 bridgehead atoms. The van der Waals surface area contributed by atoms with Gasteiger partial charge in [-0.2, -0.15) is 0 Å². The number of carbonyl (C=O) groups excluding carboxylic acids is 3. The maximum Gasteiger partial charge on any atom is 0.338 e. The molecule has 1 heterocycles. The summed E-state index contributed by atoms with van der Waals surface area (Å²) in [5.41, 5.74) is 0.832. The van der Waals surface area contributed by atoms with Crippen LogP contribution in [0, 0.1) is 5.41 Å². The molecule has 1 aromatic rings. The fourth-order valence-electron chi connectivity index (χ4n) is 3.91. The largest absolute Gasteiger partial charge is 0.462 e. The van der Waals surface area contributed by atoms with Crippen molar-refractivity contribution in [3.63, 3.8) is 0 Å². The second-order valence-electron chi connectivity index (χ2n) is 6.80. The maximum atomic E-state index is 12.6. The maximum absolute atomic E-state index is 12.6. The van der Waals surface area contributed by atoms with Crippen molar-refractivity contribution in [2.75, 3.05) is 11.5 Å². The van der Waals surface area contributed by atoms with Crippen LogP contribution < -0.4 is 4.90 Å². The van der Waals surface area contributed by atoms with Gasteiger partial charge in [-0.15, -0.1) is 0 Å². The van der Waals surface area contributed by atoms with E-state index in [0.717, 1.165) is 25.7 Å². The van der Waals surface area contributed by atoms with E-state index in [1.165, 1.54) is 11.3 Å². The molecule has 0 N–H and O–H groups in total. The minimum absolute atomic E-state index is 0.117. The van der Waals surface area contributed by atoms with Crippen LogP contribution in [0.1, 0.15) is 62.2 Å². The Morgan fingerprint density at radius 2 is 1.62 bits per heavy atom. The molecule has 1 aliphatic heterocycles. The molecule has 1 aliphatic carbocycles. The van der Waals surface area contributed by atoms with Crippen molar-refractivity contribution in [3.05, 3.63) is 29.8 Å². The van der Waals surface area contributed by atoms with Crippen molar-refractivity contribution in [3.8, 4) is 0 Å². The van der Waals surface area contributed by atoms with E-state index in [-0.39, 0.29) is 17.2 Å². The smallest absolute Gasteiger partial charge is 0.338 e. The number of benzene rings is 1. The van der Waals surface area contributed by atoms with Gasteiger partial charge in [-0.3, -0.25) is 14.5 Å². The number of ether oxygens (including phenoxy) is 1. The lowest BCUT2D eigenvalue weighted by atomic mass is 9.67. The zero-order chi connectivity index (χ0) is 17.2. The van der Waals surface area contributed by atoms with Crippen LogP contribution in [0.4, 0.5) is 5.69 Å². The highest BCUT2D eigenvalue weighted by Gasteiger charge is 2.44. The first kappa shape index (κ1) is 16.7. The summed E-state index contributed by atoms with van der Waals surface area (Å²) in [6, 6.07) is 6.47. The molecule has 0 unspecified atom stereocenters. The van der Waals surface area contributed by atoms with Crippen LogP contribution in [0.2, 0.25) is 0 Å². The Morgan fingerprint density at radius 1 is 1.04 bits per heavy atom. The van der Waals surface area contributed by atoms with Crippen LogP contribution in [0.5, 0.6) is 0 Å². The molecule has 0 aromatic heterocycles. The summed E-state index contributed by atoms with van der Waals surface area (Å²) < 4.78 is 4.94. The van der Waals surface area contributed by atoms with Crippen molar-refractivity contribution in [2.24, 2.45) is 5.41 Å². The summed E-state index contributed by atoms with van der Waals surface area (Å²) in [4.78, 5) is 38.2. The van der Waals surface area contributed by atoms with Crippen molar-refractivity contribution in [1.29, 1.82) is 0 Å². The van der Waals surface area contributed by atoms with Gasteiger partial charge < -0.3 is 4.74 Å². The zero-order valence-corrected chi connectivity index (χ0v) is 14.0. The minimum atomic E-state index is -0.401. The quantitative estimate of drug-likeness (QED) is 0.629. The van der Waals surface area contributed by atoms with E-state index in [2.05, 4.69) is 0 Å². The molecule has 0 atom stereocenters. The predicted octanol–water partition coefficient (Wildman–Crippen LogP) is 3.47. The Balaban J connectivity index is 1.76. The molecule has 1 aromatic carbocycles. The molecule has 3 rings (SSSR count). The van der Waals surface area contributed by atoms with Gasteiger partial charge in [0.25, 0.3) is 0 Å². The highest BCUT2D eigenvalue weighted by atomic mass is 16.5. The summed E-state index contributed by atoms with van der Waals surface area (Å²) in [6.07, 6.45) is 6.24. The van der Waals surface area contributed by atoms with Gasteiger partial charge in [-0.05, 0) is 49.4 Å². The monoisotopic (exact) mass is 329 g/mol. The van der Waals surface area contributed by atoms with Gasteiger partial charge in [-0.25, -0.2) is 4.79 Å². The number of imide groups is 1. The minimum Gasteiger partial charge on any atom is -0.462 e. The van der Waals surface area contributed by atoms with E-state index in [0.29, 0.717) is 30.7 Å². The highest BCUT2D eigenvalue weighted by molar-refractivity contribution is 6.17. The summed E-state index contributed by atoms with van der Waals surface area (Å²) in [5.74, 6) is -0.657. The van der Waals surface area contributed by atoms with Gasteiger partial charge in [0.2, 0.25) is 11.8 Å². The highest BCUT2D eigenvalue weighted by Crippen LogP contribution is 2.46. The third-order valence-electron chi connectivity index (χ3n) is 5.10. The molecule has 2 fully saturated rings. The molecule has 1 saturated carbocycles. The van der Waals surface area contributed by atoms with E-state index >= 15 is 0 Å². The molecule has 2 amide bonds. The van der Waals surface area contributed by atoms with Crippen molar-refractivity contribution >= 4 is 23.5 Å². The third kappa shape index (κ3) is 3.21. The van der Waals surface area contributed by atoms with Crippen LogP contribution in [0.25, 0.3) is 0 Å². The first-order chi connectivity index (χ1) is 11.5. The van der Waals surface area contributed by atoms with Gasteiger partial charge >= 0.3 is 5.97 Å². The first-order valence-corrected chi connectivity index (χ1v) is 8.68. The SMILES string of the molecule is CCOC(=O)c1ccc(N2C(=O)CC3(CCCCC3)CC2=O)cc1. The van der Waals surface area contributed by atoms with E-state index in [9.17, 15) is 14.4 Å². The Hall–Kier alpha value is -2.17. The fourth-order valence-corrected chi connectivity index (χ4v) is 3.91. The average molecular weight is 329 g/mol. The van der Waals surface area contributed by atoms with Crippen molar-refractivity contribution in [2.45, 2.75) is 51.9 Å². The number of hydrogen-bond acceptors (Lipinski definition) is 4. The third-order valence-corrected chi connectivity index (χ3v) is 5.10. The zero-order valence-electron chi connectivity index (χ0n) is 14.0. The predicted molar refractivity (Wildman–Crippen MR) is 89.6 cm³/mol. The Morgan fingerprint density at radius 3 is 2.17 bits per heavy atom. The molecule has 128 valence electrons. The van der Waals surface area contributed by atoms with E-state index in [1.54, 1.807) is 31.2 Å². The summed E-state index contributed by atoms with van der Waals surface area (Å²) in [5, 5.41) is 0. The molecular weight excluding hydrogens is 306 g/mol. The normalized spacial score (nSPS) is 20.3. The second kappa shape index (κ2) is 6.75. The Bertz CT molecular complexity index is 624. The number of anilines is 1. The van der Waals surface area contributed by atoms with Crippen LogP contribution in [0.15, 0.2) is 24.3 Å². The molecule has 24 heavy (non-hydrogen) atoms. The molecule has 5 heteroatoms. The molecule has 1 saturated heterocycles. The van der Waals surface area contributed by atoms with Gasteiger partial charge in [0.1, 0.15) is 0 Å². The molecule has 2 aliphatic rings. The number of nitrogens with zero attached hydrogens (tertiary/aromatic N) is 1. The summed E-state index contributed by atoms with van der Waals surface area (Å²) >= 11 is 0. The van der Waals surface area contributed by atoms with Crippen molar-refractivity contribution in [1.82, 2.24) is 0 Å². The van der Waals surface area contributed by atoms with Crippen LogP contribution in [0.3, 0.4) is 0 Å². The second-order valence-corrected chi connectivity index (χ2v) is 6.80. The van der Waals surface area contributed by atoms with E-state index in [1.807, 2.05) is 0 Å². The van der Waals surface area contributed by atoms with E-state index < -0.39 is 5.97 Å². The number of amides is 2. The van der Waals surface area contributed by atoms with Gasteiger partial charge in [0.15, 0.2) is 0 Å². The lowest BCUT2D eigenvalue weighted by molar-refractivity contribution is -0.134. The molecular formula is C19H23NO4. The van der Waals surface area contributed by atoms with Gasteiger partial charge in [0.05, 0.1) is 17.9 Å². The summed E-state index contributed by atoms with van der Waals surface area (Å²) in [7, 11) is 0. The van der Waals surface area contributed by atoms with Crippen LogP contribution in [-0.2, 0) is 14.3 Å². The fraction of sp³-hybridized carbons (Fsp3) is 0.526. The van der Waals surface area contributed by atoms with Gasteiger partial charge in [0, 0.05) is 12.8 Å². The molecule has 0 radical (unpaired) electrons. The topological polar surface area (TPSA) is 63.7 Å². The van der Waals surface area contributed by atoms with Gasteiger partial charge in [-0.1, -0.05) is 19.3 Å². The number of carbonyl (C=O) groups is 3. The first-order valence-electron chi connectivity index (χ1n) is 8.68. The Kier molecular flexibility index (Phi) is 4.69. The van der Waals surface area contributed by atoms with Crippen LogP contribution >= 0.6 is 0 Å². The van der Waals surface area contributed by atoms with Crippen molar-refractivity contribution < 1.29 is 19.1 Å². The lowest BCUT2D eigenvalue weighted by Gasteiger charge is -2.42. The number of piperidine rings is 1. The summed E-state index contributed by atoms with van der Waals surface area (Å²) in [6.45, 7) is 2.06.